The number of hydrogen-bond acceptors (Lipinski definition) is 6. The fourth-order valence-corrected chi connectivity index (χ4v) is 3.87. The van der Waals surface area contributed by atoms with Gasteiger partial charge in [0.15, 0.2) is 5.82 Å². The first-order valence-corrected chi connectivity index (χ1v) is 8.98. The van der Waals surface area contributed by atoms with Crippen molar-refractivity contribution >= 4 is 5.91 Å². The highest BCUT2D eigenvalue weighted by molar-refractivity contribution is 5.95. The first kappa shape index (κ1) is 16.1. The molecule has 2 aliphatic heterocycles. The maximum atomic E-state index is 13.1. The molecule has 0 aromatic carbocycles. The van der Waals surface area contributed by atoms with E-state index in [1.807, 2.05) is 34.7 Å². The Hall–Kier alpha value is -3.07. The van der Waals surface area contributed by atoms with Crippen molar-refractivity contribution in [3.8, 4) is 5.82 Å². The van der Waals surface area contributed by atoms with Gasteiger partial charge in [0.1, 0.15) is 0 Å². The molecule has 9 heteroatoms. The minimum Gasteiger partial charge on any atom is -0.368 e. The van der Waals surface area contributed by atoms with Crippen LogP contribution in [0.15, 0.2) is 36.8 Å². The van der Waals surface area contributed by atoms with E-state index >= 15 is 0 Å². The van der Waals surface area contributed by atoms with Crippen LogP contribution in [-0.2, 0) is 11.3 Å². The van der Waals surface area contributed by atoms with Crippen molar-refractivity contribution < 1.29 is 9.53 Å². The largest absolute Gasteiger partial charge is 0.368 e. The van der Waals surface area contributed by atoms with E-state index < -0.39 is 0 Å². The van der Waals surface area contributed by atoms with E-state index in [4.69, 9.17) is 4.74 Å². The molecule has 3 aromatic heterocycles. The van der Waals surface area contributed by atoms with Gasteiger partial charge in [0.25, 0.3) is 5.91 Å². The molecular formula is C18H19N7O2. The molecule has 138 valence electrons. The van der Waals surface area contributed by atoms with Crippen LogP contribution < -0.4 is 0 Å². The van der Waals surface area contributed by atoms with E-state index in [0.717, 1.165) is 17.8 Å². The van der Waals surface area contributed by atoms with Gasteiger partial charge in [-0.2, -0.15) is 5.10 Å². The summed E-state index contributed by atoms with van der Waals surface area (Å²) in [5, 5.41) is 12.5. The number of rotatable bonds is 2. The Morgan fingerprint density at radius 2 is 2.22 bits per heavy atom. The SMILES string of the molecule is Cc1c(C(=O)N2CC[C@H]3[C@H](C2)OCc2cnnn23)cnn1-c1ccccn1. The van der Waals surface area contributed by atoms with Crippen LogP contribution in [0, 0.1) is 6.92 Å². The van der Waals surface area contributed by atoms with Crippen LogP contribution in [-0.4, -0.2) is 59.8 Å². The first-order valence-electron chi connectivity index (χ1n) is 8.98. The maximum Gasteiger partial charge on any atom is 0.257 e. The number of carbonyl (C=O) groups excluding carboxylic acids is 1. The van der Waals surface area contributed by atoms with Crippen molar-refractivity contribution in [3.63, 3.8) is 0 Å². The average Bonchev–Trinajstić information content (AvgIpc) is 3.34. The van der Waals surface area contributed by atoms with Crippen molar-refractivity contribution in [2.24, 2.45) is 0 Å². The monoisotopic (exact) mass is 365 g/mol. The molecule has 0 bridgehead atoms. The third-order valence-corrected chi connectivity index (χ3v) is 5.33. The van der Waals surface area contributed by atoms with Gasteiger partial charge in [0.05, 0.1) is 48.1 Å². The quantitative estimate of drug-likeness (QED) is 0.677. The Morgan fingerprint density at radius 1 is 1.30 bits per heavy atom. The van der Waals surface area contributed by atoms with Crippen LogP contribution in [0.3, 0.4) is 0 Å². The van der Waals surface area contributed by atoms with Crippen molar-refractivity contribution in [2.75, 3.05) is 13.1 Å². The minimum absolute atomic E-state index is 0.0267. The van der Waals surface area contributed by atoms with E-state index in [-0.39, 0.29) is 18.1 Å². The zero-order valence-electron chi connectivity index (χ0n) is 14.9. The second-order valence-corrected chi connectivity index (χ2v) is 6.87. The fourth-order valence-electron chi connectivity index (χ4n) is 3.87. The number of piperidine rings is 1. The Morgan fingerprint density at radius 3 is 3.07 bits per heavy atom. The van der Waals surface area contributed by atoms with Crippen LogP contribution in [0.4, 0.5) is 0 Å². The van der Waals surface area contributed by atoms with Crippen LogP contribution >= 0.6 is 0 Å². The van der Waals surface area contributed by atoms with Crippen molar-refractivity contribution in [2.45, 2.75) is 32.1 Å². The lowest BCUT2D eigenvalue weighted by atomic mass is 9.99. The maximum absolute atomic E-state index is 13.1. The van der Waals surface area contributed by atoms with E-state index in [2.05, 4.69) is 20.4 Å². The van der Waals surface area contributed by atoms with Gasteiger partial charge in [0, 0.05) is 19.3 Å². The van der Waals surface area contributed by atoms with Crippen LogP contribution in [0.25, 0.3) is 5.82 Å². The summed E-state index contributed by atoms with van der Waals surface area (Å²) in [7, 11) is 0. The molecule has 5 rings (SSSR count). The molecule has 9 nitrogen and oxygen atoms in total. The van der Waals surface area contributed by atoms with Crippen LogP contribution in [0.5, 0.6) is 0 Å². The Kier molecular flexibility index (Phi) is 3.75. The van der Waals surface area contributed by atoms with E-state index in [1.54, 1.807) is 23.3 Å². The van der Waals surface area contributed by atoms with Gasteiger partial charge in [-0.3, -0.25) is 4.79 Å². The molecule has 0 unspecified atom stereocenters. The zero-order valence-corrected chi connectivity index (χ0v) is 14.9. The fraction of sp³-hybridized carbons (Fsp3) is 0.389. The molecule has 0 aliphatic carbocycles. The van der Waals surface area contributed by atoms with Gasteiger partial charge in [-0.15, -0.1) is 5.10 Å². The van der Waals surface area contributed by atoms with E-state index in [9.17, 15) is 4.79 Å². The summed E-state index contributed by atoms with van der Waals surface area (Å²) in [5.41, 5.74) is 2.36. The van der Waals surface area contributed by atoms with Gasteiger partial charge >= 0.3 is 0 Å². The number of ether oxygens (including phenoxy) is 1. The van der Waals surface area contributed by atoms with Crippen LogP contribution in [0.1, 0.15) is 34.2 Å². The highest BCUT2D eigenvalue weighted by Crippen LogP contribution is 2.31. The second kappa shape index (κ2) is 6.27. The second-order valence-electron chi connectivity index (χ2n) is 6.87. The number of pyridine rings is 1. The highest BCUT2D eigenvalue weighted by atomic mass is 16.5. The van der Waals surface area contributed by atoms with Crippen molar-refractivity contribution in [3.05, 3.63) is 53.7 Å². The molecule has 27 heavy (non-hydrogen) atoms. The van der Waals surface area contributed by atoms with Crippen molar-refractivity contribution in [1.82, 2.24) is 34.7 Å². The number of fused-ring (bicyclic) bond motifs is 3. The normalized spacial score (nSPS) is 21.6. The predicted molar refractivity (Wildman–Crippen MR) is 94.3 cm³/mol. The molecule has 0 spiro atoms. The summed E-state index contributed by atoms with van der Waals surface area (Å²) < 4.78 is 9.60. The molecule has 3 aromatic rings. The van der Waals surface area contributed by atoms with Gasteiger partial charge in [0.2, 0.25) is 0 Å². The summed E-state index contributed by atoms with van der Waals surface area (Å²) in [4.78, 5) is 19.2. The lowest BCUT2D eigenvalue weighted by Crippen LogP contribution is -2.50. The third-order valence-electron chi connectivity index (χ3n) is 5.33. The Bertz CT molecular complexity index is 981. The number of nitrogens with zero attached hydrogens (tertiary/aromatic N) is 7. The summed E-state index contributed by atoms with van der Waals surface area (Å²) in [5.74, 6) is 0.670. The lowest BCUT2D eigenvalue weighted by Gasteiger charge is -2.40. The zero-order chi connectivity index (χ0) is 18.4. The van der Waals surface area contributed by atoms with Gasteiger partial charge in [-0.1, -0.05) is 11.3 Å². The molecule has 0 radical (unpaired) electrons. The molecular weight excluding hydrogens is 346 g/mol. The Labute approximate surface area is 155 Å². The van der Waals surface area contributed by atoms with Gasteiger partial charge in [-0.05, 0) is 25.5 Å². The third kappa shape index (κ3) is 2.62. The molecule has 5 heterocycles. The summed E-state index contributed by atoms with van der Waals surface area (Å²) in [6.45, 7) is 3.56. The van der Waals surface area contributed by atoms with Gasteiger partial charge in [-0.25, -0.2) is 14.3 Å². The van der Waals surface area contributed by atoms with Gasteiger partial charge < -0.3 is 9.64 Å². The number of carbonyl (C=O) groups is 1. The molecule has 0 N–H and O–H groups in total. The molecule has 1 amide bonds. The predicted octanol–water partition coefficient (Wildman–Crippen LogP) is 1.15. The molecule has 2 aliphatic rings. The summed E-state index contributed by atoms with van der Waals surface area (Å²) >= 11 is 0. The molecule has 0 saturated carbocycles. The number of amides is 1. The van der Waals surface area contributed by atoms with E-state index in [0.29, 0.717) is 31.1 Å². The lowest BCUT2D eigenvalue weighted by molar-refractivity contribution is -0.0627. The topological polar surface area (TPSA) is 91.0 Å². The summed E-state index contributed by atoms with van der Waals surface area (Å²) in [6, 6.07) is 5.75. The molecule has 2 atom stereocenters. The standard InChI is InChI=1S/C18H19N7O2/c1-12-14(9-21-24(12)17-4-2-3-6-19-17)18(26)23-7-5-15-16(10-23)27-11-13-8-20-22-25(13)15/h2-4,6,8-9,15-16H,5,7,10-11H2,1H3/t15-,16-/m0/s1. The summed E-state index contributed by atoms with van der Waals surface area (Å²) in [6.07, 6.45) is 5.80. The average molecular weight is 365 g/mol. The van der Waals surface area contributed by atoms with E-state index in [1.165, 1.54) is 0 Å². The minimum atomic E-state index is -0.0666. The Balaban J connectivity index is 1.36. The van der Waals surface area contributed by atoms with Crippen LogP contribution in [0.2, 0.25) is 0 Å². The molecule has 1 fully saturated rings. The number of likely N-dealkylation sites (tertiary alicyclic amines) is 1. The first-order chi connectivity index (χ1) is 13.2. The number of hydrogen-bond donors (Lipinski definition) is 0. The smallest absolute Gasteiger partial charge is 0.257 e. The molecule has 1 saturated heterocycles. The van der Waals surface area contributed by atoms with Crippen molar-refractivity contribution in [1.29, 1.82) is 0 Å². The number of aromatic nitrogens is 6. The highest BCUT2D eigenvalue weighted by Gasteiger charge is 2.38.